The number of aliphatic hydroxyl groups excluding tert-OH is 1. The third kappa shape index (κ3) is 0.984. The molecule has 0 aromatic carbocycles. The third-order valence-corrected chi connectivity index (χ3v) is 1.17. The van der Waals surface area contributed by atoms with Crippen molar-refractivity contribution >= 4 is 0 Å². The van der Waals surface area contributed by atoms with E-state index in [2.05, 4.69) is 0 Å². The van der Waals surface area contributed by atoms with Crippen LogP contribution in [-0.2, 0) is 0 Å². The molecule has 1 aliphatic rings. The van der Waals surface area contributed by atoms with Crippen molar-refractivity contribution in [2.45, 2.75) is 13.0 Å². The minimum Gasteiger partial charge on any atom is -0.389 e. The second-order valence-electron chi connectivity index (χ2n) is 1.89. The minimum absolute atomic E-state index is 0.315. The lowest BCUT2D eigenvalue weighted by Crippen LogP contribution is -1.99. The molecule has 1 N–H and O–H groups in total. The van der Waals surface area contributed by atoms with E-state index in [0.29, 0.717) is 0 Å². The molecule has 1 aliphatic carbocycles. The first-order valence-corrected chi connectivity index (χ1v) is 2.70. The van der Waals surface area contributed by atoms with Gasteiger partial charge in [0.15, 0.2) is 0 Å². The Morgan fingerprint density at radius 3 is 2.62 bits per heavy atom. The van der Waals surface area contributed by atoms with Crippen LogP contribution in [0.1, 0.15) is 6.92 Å². The van der Waals surface area contributed by atoms with Crippen molar-refractivity contribution in [3.63, 3.8) is 0 Å². The van der Waals surface area contributed by atoms with E-state index in [4.69, 9.17) is 5.11 Å². The fraction of sp³-hybridized carbons (Fsp3) is 0.286. The summed E-state index contributed by atoms with van der Waals surface area (Å²) < 4.78 is 0. The van der Waals surface area contributed by atoms with Gasteiger partial charge in [0.25, 0.3) is 0 Å². The molecule has 0 aromatic rings. The molecule has 0 unspecified atom stereocenters. The molecule has 43 valence electrons. The lowest BCUT2D eigenvalue weighted by atomic mass is 10.2. The molecule has 0 spiro atoms. The highest BCUT2D eigenvalue weighted by molar-refractivity contribution is 5.35. The molecular formula is C7H9O. The fourth-order valence-electron chi connectivity index (χ4n) is 0.667. The lowest BCUT2D eigenvalue weighted by molar-refractivity contribution is 0.235. The molecular weight excluding hydrogens is 100 g/mol. The second kappa shape index (κ2) is 2.14. The van der Waals surface area contributed by atoms with Gasteiger partial charge in [-0.15, -0.1) is 0 Å². The van der Waals surface area contributed by atoms with Crippen LogP contribution in [0.3, 0.4) is 0 Å². The maximum Gasteiger partial charge on any atom is 0.0758 e. The Kier molecular flexibility index (Phi) is 1.49. The zero-order valence-electron chi connectivity index (χ0n) is 4.83. The number of hydrogen-bond acceptors (Lipinski definition) is 1. The molecule has 0 aliphatic heterocycles. The smallest absolute Gasteiger partial charge is 0.0758 e. The van der Waals surface area contributed by atoms with Gasteiger partial charge in [0.2, 0.25) is 0 Å². The quantitative estimate of drug-likeness (QED) is 0.534. The molecule has 0 bridgehead atoms. The molecule has 1 nitrogen and oxygen atoms in total. The SMILES string of the molecule is C[C@H](O)C1=C[CH]C=C1. The molecule has 1 heteroatoms. The van der Waals surface area contributed by atoms with Gasteiger partial charge in [-0.25, -0.2) is 0 Å². The molecule has 0 fully saturated rings. The summed E-state index contributed by atoms with van der Waals surface area (Å²) in [6.45, 7) is 1.76. The standard InChI is InChI=1S/C7H9O/c1-6(8)7-4-2-3-5-7/h2-6,8H,1H3/t6-/m0/s1. The van der Waals surface area contributed by atoms with Gasteiger partial charge >= 0.3 is 0 Å². The fourth-order valence-corrected chi connectivity index (χ4v) is 0.667. The van der Waals surface area contributed by atoms with Gasteiger partial charge in [0.1, 0.15) is 0 Å². The number of allylic oxidation sites excluding steroid dienone is 2. The Labute approximate surface area is 49.3 Å². The molecule has 0 saturated heterocycles. The van der Waals surface area contributed by atoms with Gasteiger partial charge in [0, 0.05) is 6.42 Å². The van der Waals surface area contributed by atoms with Crippen molar-refractivity contribution in [1.29, 1.82) is 0 Å². The monoisotopic (exact) mass is 109 g/mol. The summed E-state index contributed by atoms with van der Waals surface area (Å²) >= 11 is 0. The normalized spacial score (nSPS) is 21.0. The highest BCUT2D eigenvalue weighted by atomic mass is 16.3. The van der Waals surface area contributed by atoms with Crippen LogP contribution in [0.4, 0.5) is 0 Å². The minimum atomic E-state index is -0.315. The summed E-state index contributed by atoms with van der Waals surface area (Å²) in [5.41, 5.74) is 0.991. The van der Waals surface area contributed by atoms with Crippen LogP contribution in [0, 0.1) is 6.42 Å². The third-order valence-electron chi connectivity index (χ3n) is 1.17. The van der Waals surface area contributed by atoms with Gasteiger partial charge in [-0.1, -0.05) is 18.2 Å². The largest absolute Gasteiger partial charge is 0.389 e. The topological polar surface area (TPSA) is 20.2 Å². The van der Waals surface area contributed by atoms with Crippen LogP contribution in [0.2, 0.25) is 0 Å². The average Bonchev–Trinajstić information content (AvgIpc) is 2.12. The van der Waals surface area contributed by atoms with Crippen molar-refractivity contribution in [3.8, 4) is 0 Å². The summed E-state index contributed by atoms with van der Waals surface area (Å²) in [6.07, 6.45) is 7.34. The molecule has 1 atom stereocenters. The van der Waals surface area contributed by atoms with E-state index in [-0.39, 0.29) is 6.10 Å². The summed E-state index contributed by atoms with van der Waals surface area (Å²) in [6, 6.07) is 0. The van der Waals surface area contributed by atoms with Gasteiger partial charge < -0.3 is 5.11 Å². The highest BCUT2D eigenvalue weighted by Crippen LogP contribution is 2.10. The van der Waals surface area contributed by atoms with Gasteiger partial charge in [0.05, 0.1) is 6.10 Å². The first kappa shape index (κ1) is 5.57. The second-order valence-corrected chi connectivity index (χ2v) is 1.89. The maximum atomic E-state index is 8.91. The van der Waals surface area contributed by atoms with Gasteiger partial charge in [-0.2, -0.15) is 0 Å². The van der Waals surface area contributed by atoms with Crippen LogP contribution >= 0.6 is 0 Å². The Balaban J connectivity index is 2.58. The summed E-state index contributed by atoms with van der Waals surface area (Å²) in [7, 11) is 0. The molecule has 8 heavy (non-hydrogen) atoms. The number of rotatable bonds is 1. The van der Waals surface area contributed by atoms with Crippen LogP contribution in [0.25, 0.3) is 0 Å². The zero-order chi connectivity index (χ0) is 5.98. The van der Waals surface area contributed by atoms with Crippen LogP contribution in [-0.4, -0.2) is 11.2 Å². The van der Waals surface area contributed by atoms with E-state index in [1.807, 2.05) is 24.6 Å². The summed E-state index contributed by atoms with van der Waals surface area (Å²) in [5.74, 6) is 0. The molecule has 0 amide bonds. The van der Waals surface area contributed by atoms with Crippen LogP contribution < -0.4 is 0 Å². The molecule has 1 rings (SSSR count). The number of aliphatic hydroxyl groups is 1. The predicted molar refractivity (Wildman–Crippen MR) is 33.2 cm³/mol. The molecule has 1 radical (unpaired) electrons. The van der Waals surface area contributed by atoms with E-state index in [1.54, 1.807) is 6.92 Å². The van der Waals surface area contributed by atoms with E-state index >= 15 is 0 Å². The zero-order valence-corrected chi connectivity index (χ0v) is 4.83. The highest BCUT2D eigenvalue weighted by Gasteiger charge is 2.02. The van der Waals surface area contributed by atoms with Crippen molar-refractivity contribution in [1.82, 2.24) is 0 Å². The Hall–Kier alpha value is -0.560. The predicted octanol–water partition coefficient (Wildman–Crippen LogP) is 1.07. The summed E-state index contributed by atoms with van der Waals surface area (Å²) in [4.78, 5) is 0. The Bertz CT molecular complexity index is 131. The van der Waals surface area contributed by atoms with E-state index < -0.39 is 0 Å². The maximum absolute atomic E-state index is 8.91. The van der Waals surface area contributed by atoms with E-state index in [9.17, 15) is 0 Å². The van der Waals surface area contributed by atoms with E-state index in [1.165, 1.54) is 0 Å². The van der Waals surface area contributed by atoms with Crippen LogP contribution in [0.5, 0.6) is 0 Å². The molecule has 0 saturated carbocycles. The lowest BCUT2D eigenvalue weighted by Gasteiger charge is -1.99. The molecule has 0 aromatic heterocycles. The van der Waals surface area contributed by atoms with E-state index in [0.717, 1.165) is 5.57 Å². The van der Waals surface area contributed by atoms with Crippen molar-refractivity contribution < 1.29 is 5.11 Å². The first-order valence-electron chi connectivity index (χ1n) is 2.70. The molecule has 0 heterocycles. The van der Waals surface area contributed by atoms with Crippen molar-refractivity contribution in [2.24, 2.45) is 0 Å². The Morgan fingerprint density at radius 2 is 2.38 bits per heavy atom. The number of hydrogen-bond donors (Lipinski definition) is 1. The van der Waals surface area contributed by atoms with Gasteiger partial charge in [-0.3, -0.25) is 0 Å². The van der Waals surface area contributed by atoms with Crippen molar-refractivity contribution in [2.75, 3.05) is 0 Å². The van der Waals surface area contributed by atoms with Crippen molar-refractivity contribution in [3.05, 3.63) is 30.2 Å². The summed E-state index contributed by atoms with van der Waals surface area (Å²) in [5, 5.41) is 8.91. The van der Waals surface area contributed by atoms with Crippen LogP contribution in [0.15, 0.2) is 23.8 Å². The Morgan fingerprint density at radius 1 is 1.62 bits per heavy atom. The first-order chi connectivity index (χ1) is 3.80. The van der Waals surface area contributed by atoms with Gasteiger partial charge in [-0.05, 0) is 12.5 Å². The average molecular weight is 109 g/mol.